The lowest BCUT2D eigenvalue weighted by Crippen LogP contribution is -2.09. The van der Waals surface area contributed by atoms with Crippen LogP contribution in [-0.4, -0.2) is 12.5 Å². The van der Waals surface area contributed by atoms with Gasteiger partial charge in [0.2, 0.25) is 0 Å². The van der Waals surface area contributed by atoms with Crippen molar-refractivity contribution in [3.05, 3.63) is 28.2 Å². The molecule has 0 saturated carbocycles. The third-order valence-electron chi connectivity index (χ3n) is 1.63. The van der Waals surface area contributed by atoms with E-state index in [1.54, 1.807) is 18.2 Å². The molecule has 4 heteroatoms. The van der Waals surface area contributed by atoms with Crippen LogP contribution in [0.4, 0.5) is 0 Å². The number of benzene rings is 1. The van der Waals surface area contributed by atoms with E-state index in [2.05, 4.69) is 0 Å². The average molecular weight is 254 g/mol. The molecule has 0 bridgehead atoms. The van der Waals surface area contributed by atoms with Crippen LogP contribution in [0, 0.1) is 5.92 Å². The van der Waals surface area contributed by atoms with Crippen molar-refractivity contribution in [3.63, 3.8) is 0 Å². The van der Waals surface area contributed by atoms with Crippen LogP contribution >= 0.6 is 34.8 Å². The molecule has 14 heavy (non-hydrogen) atoms. The van der Waals surface area contributed by atoms with Crippen molar-refractivity contribution in [1.82, 2.24) is 0 Å². The van der Waals surface area contributed by atoms with Gasteiger partial charge in [-0.3, -0.25) is 0 Å². The van der Waals surface area contributed by atoms with Gasteiger partial charge in [0.1, 0.15) is 5.75 Å². The summed E-state index contributed by atoms with van der Waals surface area (Å²) in [5.41, 5.74) is 0. The van der Waals surface area contributed by atoms with Crippen molar-refractivity contribution in [1.29, 1.82) is 0 Å². The van der Waals surface area contributed by atoms with Crippen LogP contribution in [0.3, 0.4) is 0 Å². The van der Waals surface area contributed by atoms with Gasteiger partial charge in [-0.1, -0.05) is 30.1 Å². The van der Waals surface area contributed by atoms with Gasteiger partial charge in [-0.05, 0) is 18.2 Å². The Morgan fingerprint density at radius 3 is 2.29 bits per heavy atom. The Hall–Kier alpha value is -0.110. The minimum absolute atomic E-state index is 0.314. The van der Waals surface area contributed by atoms with E-state index in [1.807, 2.05) is 6.92 Å². The molecule has 0 radical (unpaired) electrons. The molecule has 0 aromatic heterocycles. The predicted molar refractivity (Wildman–Crippen MR) is 61.8 cm³/mol. The molecule has 1 atom stereocenters. The molecule has 1 aromatic carbocycles. The summed E-state index contributed by atoms with van der Waals surface area (Å²) in [6.07, 6.45) is 0. The van der Waals surface area contributed by atoms with Crippen molar-refractivity contribution < 1.29 is 4.74 Å². The number of alkyl halides is 1. The third-order valence-corrected chi connectivity index (χ3v) is 2.60. The first-order valence-corrected chi connectivity index (χ1v) is 5.55. The maximum atomic E-state index is 5.81. The number of rotatable bonds is 4. The quantitative estimate of drug-likeness (QED) is 0.729. The smallest absolute Gasteiger partial charge is 0.122 e. The number of hydrogen-bond donors (Lipinski definition) is 0. The Bertz CT molecular complexity index is 281. The lowest BCUT2D eigenvalue weighted by molar-refractivity contribution is 0.273. The summed E-state index contributed by atoms with van der Waals surface area (Å²) in [6.45, 7) is 2.58. The Morgan fingerprint density at radius 1 is 1.21 bits per heavy atom. The Morgan fingerprint density at radius 2 is 1.79 bits per heavy atom. The van der Waals surface area contributed by atoms with Crippen LogP contribution in [0.25, 0.3) is 0 Å². The number of hydrogen-bond acceptors (Lipinski definition) is 1. The standard InChI is InChI=1S/C10H11Cl3O/c1-7(5-11)6-14-10-3-8(12)2-9(13)4-10/h2-4,7H,5-6H2,1H3. The molecule has 0 aliphatic rings. The Labute approximate surface area is 98.9 Å². The minimum atomic E-state index is 0.314. The zero-order valence-corrected chi connectivity index (χ0v) is 10.0. The highest BCUT2D eigenvalue weighted by atomic mass is 35.5. The summed E-state index contributed by atoms with van der Waals surface area (Å²) in [5.74, 6) is 1.57. The fraction of sp³-hybridized carbons (Fsp3) is 0.400. The average Bonchev–Trinajstić information content (AvgIpc) is 2.12. The molecule has 0 N–H and O–H groups in total. The van der Waals surface area contributed by atoms with E-state index >= 15 is 0 Å². The van der Waals surface area contributed by atoms with Crippen LogP contribution in [0.5, 0.6) is 5.75 Å². The molecule has 0 amide bonds. The number of halogens is 3. The van der Waals surface area contributed by atoms with Gasteiger partial charge < -0.3 is 4.74 Å². The lowest BCUT2D eigenvalue weighted by Gasteiger charge is -2.10. The van der Waals surface area contributed by atoms with Gasteiger partial charge in [-0.2, -0.15) is 0 Å². The first kappa shape index (κ1) is 12.0. The van der Waals surface area contributed by atoms with E-state index in [4.69, 9.17) is 39.5 Å². The largest absolute Gasteiger partial charge is 0.493 e. The fourth-order valence-electron chi connectivity index (χ4n) is 0.895. The van der Waals surface area contributed by atoms with Crippen LogP contribution in [-0.2, 0) is 0 Å². The SMILES string of the molecule is CC(CCl)COc1cc(Cl)cc(Cl)c1. The molecule has 0 fully saturated rings. The van der Waals surface area contributed by atoms with E-state index in [0.29, 0.717) is 34.2 Å². The van der Waals surface area contributed by atoms with Crippen LogP contribution in [0.2, 0.25) is 10.0 Å². The second kappa shape index (κ2) is 5.69. The second-order valence-electron chi connectivity index (χ2n) is 3.18. The maximum absolute atomic E-state index is 5.81. The highest BCUT2D eigenvalue weighted by molar-refractivity contribution is 6.34. The molecular weight excluding hydrogens is 242 g/mol. The molecule has 0 aliphatic heterocycles. The molecule has 0 aliphatic carbocycles. The molecule has 1 rings (SSSR count). The lowest BCUT2D eigenvalue weighted by atomic mass is 10.2. The molecular formula is C10H11Cl3O. The molecule has 0 spiro atoms. The highest BCUT2D eigenvalue weighted by Gasteiger charge is 2.03. The van der Waals surface area contributed by atoms with Gasteiger partial charge in [0.25, 0.3) is 0 Å². The number of ether oxygens (including phenoxy) is 1. The van der Waals surface area contributed by atoms with Gasteiger partial charge in [0.05, 0.1) is 6.61 Å². The molecule has 78 valence electrons. The summed E-state index contributed by atoms with van der Waals surface area (Å²) in [4.78, 5) is 0. The van der Waals surface area contributed by atoms with E-state index in [-0.39, 0.29) is 0 Å². The fourth-order valence-corrected chi connectivity index (χ4v) is 1.49. The first-order valence-electron chi connectivity index (χ1n) is 4.26. The third kappa shape index (κ3) is 3.95. The van der Waals surface area contributed by atoms with Gasteiger partial charge in [0, 0.05) is 21.8 Å². The highest BCUT2D eigenvalue weighted by Crippen LogP contribution is 2.24. The van der Waals surface area contributed by atoms with Crippen molar-refractivity contribution in [3.8, 4) is 5.75 Å². The topological polar surface area (TPSA) is 9.23 Å². The van der Waals surface area contributed by atoms with Crippen molar-refractivity contribution >= 4 is 34.8 Å². The molecule has 1 nitrogen and oxygen atoms in total. The second-order valence-corrected chi connectivity index (χ2v) is 4.36. The van der Waals surface area contributed by atoms with E-state index < -0.39 is 0 Å². The summed E-state index contributed by atoms with van der Waals surface area (Å²) >= 11 is 17.3. The van der Waals surface area contributed by atoms with Crippen molar-refractivity contribution in [2.75, 3.05) is 12.5 Å². The van der Waals surface area contributed by atoms with E-state index in [9.17, 15) is 0 Å². The molecule has 0 saturated heterocycles. The van der Waals surface area contributed by atoms with Gasteiger partial charge in [-0.25, -0.2) is 0 Å². The van der Waals surface area contributed by atoms with Gasteiger partial charge in [-0.15, -0.1) is 11.6 Å². The van der Waals surface area contributed by atoms with Crippen LogP contribution in [0.1, 0.15) is 6.92 Å². The van der Waals surface area contributed by atoms with Crippen molar-refractivity contribution in [2.45, 2.75) is 6.92 Å². The predicted octanol–water partition coefficient (Wildman–Crippen LogP) is 4.25. The summed E-state index contributed by atoms with van der Waals surface area (Å²) < 4.78 is 5.47. The maximum Gasteiger partial charge on any atom is 0.122 e. The monoisotopic (exact) mass is 252 g/mol. The van der Waals surface area contributed by atoms with Gasteiger partial charge in [0.15, 0.2) is 0 Å². The van der Waals surface area contributed by atoms with Gasteiger partial charge >= 0.3 is 0 Å². The summed E-state index contributed by atoms with van der Waals surface area (Å²) in [6, 6.07) is 5.13. The van der Waals surface area contributed by atoms with Crippen molar-refractivity contribution in [2.24, 2.45) is 5.92 Å². The zero-order chi connectivity index (χ0) is 10.6. The molecule has 1 unspecified atom stereocenters. The summed E-state index contributed by atoms with van der Waals surface area (Å²) in [7, 11) is 0. The minimum Gasteiger partial charge on any atom is -0.493 e. The molecule has 1 aromatic rings. The van der Waals surface area contributed by atoms with E-state index in [0.717, 1.165) is 0 Å². The van der Waals surface area contributed by atoms with E-state index in [1.165, 1.54) is 0 Å². The zero-order valence-electron chi connectivity index (χ0n) is 7.77. The Balaban J connectivity index is 2.58. The normalized spacial score (nSPS) is 12.6. The molecule has 0 heterocycles. The first-order chi connectivity index (χ1) is 6.61. The van der Waals surface area contributed by atoms with Crippen LogP contribution in [0.15, 0.2) is 18.2 Å². The van der Waals surface area contributed by atoms with Crippen LogP contribution < -0.4 is 4.74 Å². The summed E-state index contributed by atoms with van der Waals surface area (Å²) in [5, 5.41) is 1.15. The Kier molecular flexibility index (Phi) is 4.86.